The summed E-state index contributed by atoms with van der Waals surface area (Å²) >= 11 is 0. The maximum atomic E-state index is 12.0. The zero-order valence-corrected chi connectivity index (χ0v) is 12.6. The van der Waals surface area contributed by atoms with Gasteiger partial charge in [-0.2, -0.15) is 8.42 Å². The normalized spacial score (nSPS) is 12.1. The third-order valence-corrected chi connectivity index (χ3v) is 4.05. The van der Waals surface area contributed by atoms with E-state index in [1.54, 1.807) is 13.8 Å². The lowest BCUT2D eigenvalue weighted by Crippen LogP contribution is -2.14. The Hall–Kier alpha value is -1.60. The minimum atomic E-state index is -4.22. The molecule has 0 saturated carbocycles. The summed E-state index contributed by atoms with van der Waals surface area (Å²) in [6, 6.07) is 2.16. The summed E-state index contributed by atoms with van der Waals surface area (Å²) in [6.45, 7) is 6.50. The second-order valence-electron chi connectivity index (χ2n) is 4.97. The number of carboxylic acid groups (broad SMARTS) is 1. The largest absolute Gasteiger partial charge is 0.506 e. The first-order valence-electron chi connectivity index (χ1n) is 6.09. The Balaban J connectivity index is 3.57. The topological polar surface area (TPSA) is 101 Å². The quantitative estimate of drug-likeness (QED) is 0.809. The van der Waals surface area contributed by atoms with Gasteiger partial charge in [0.05, 0.1) is 11.7 Å². The van der Waals surface area contributed by atoms with Gasteiger partial charge < -0.3 is 10.2 Å². The zero-order chi connectivity index (χ0) is 15.7. The van der Waals surface area contributed by atoms with Crippen molar-refractivity contribution >= 4 is 16.1 Å². The van der Waals surface area contributed by atoms with Crippen LogP contribution in [0.1, 0.15) is 49.5 Å². The van der Waals surface area contributed by atoms with E-state index in [0.29, 0.717) is 0 Å². The highest BCUT2D eigenvalue weighted by molar-refractivity contribution is 7.86. The van der Waals surface area contributed by atoms with Crippen molar-refractivity contribution in [3.63, 3.8) is 0 Å². The number of phenols is 1. The summed E-state index contributed by atoms with van der Waals surface area (Å²) in [4.78, 5) is 10.6. The number of aromatic carboxylic acids is 1. The fourth-order valence-electron chi connectivity index (χ4n) is 1.69. The van der Waals surface area contributed by atoms with E-state index < -0.39 is 32.8 Å². The summed E-state index contributed by atoms with van der Waals surface area (Å²) in [5.74, 6) is -1.97. The van der Waals surface area contributed by atoms with Gasteiger partial charge in [-0.1, -0.05) is 13.8 Å². The molecule has 1 rings (SSSR count). The summed E-state index contributed by atoms with van der Waals surface area (Å²) in [6.07, 6.45) is -0.615. The van der Waals surface area contributed by atoms with E-state index >= 15 is 0 Å². The standard InChI is InChI=1S/C13H18O6S/c1-7(2)10-5-9(13(15)16)6-11(12(10)14)20(17,18)19-8(3)4/h5-8,14H,1-4H3,(H,15,16). The van der Waals surface area contributed by atoms with Crippen molar-refractivity contribution in [2.75, 3.05) is 0 Å². The molecule has 20 heavy (non-hydrogen) atoms. The van der Waals surface area contributed by atoms with Crippen molar-refractivity contribution in [3.05, 3.63) is 23.3 Å². The number of benzene rings is 1. The van der Waals surface area contributed by atoms with Crippen LogP contribution >= 0.6 is 0 Å². The molecule has 0 aliphatic rings. The highest BCUT2D eigenvalue weighted by Crippen LogP contribution is 2.34. The molecule has 1 aromatic carbocycles. The predicted molar refractivity (Wildman–Crippen MR) is 72.6 cm³/mol. The molecule has 0 fully saturated rings. The molecule has 0 radical (unpaired) electrons. The van der Waals surface area contributed by atoms with Gasteiger partial charge in [-0.15, -0.1) is 0 Å². The molecule has 0 heterocycles. The van der Waals surface area contributed by atoms with Gasteiger partial charge in [-0.3, -0.25) is 4.18 Å². The monoisotopic (exact) mass is 302 g/mol. The van der Waals surface area contributed by atoms with E-state index in [-0.39, 0.29) is 17.0 Å². The van der Waals surface area contributed by atoms with Gasteiger partial charge in [0.1, 0.15) is 10.6 Å². The second kappa shape index (κ2) is 5.80. The van der Waals surface area contributed by atoms with Crippen LogP contribution in [-0.2, 0) is 14.3 Å². The Morgan fingerprint density at radius 2 is 1.75 bits per heavy atom. The van der Waals surface area contributed by atoms with Crippen molar-refractivity contribution in [3.8, 4) is 5.75 Å². The molecule has 0 aliphatic carbocycles. The first kappa shape index (κ1) is 16.5. The number of carbonyl (C=O) groups is 1. The number of hydrogen-bond acceptors (Lipinski definition) is 5. The van der Waals surface area contributed by atoms with Crippen molar-refractivity contribution in [1.29, 1.82) is 0 Å². The van der Waals surface area contributed by atoms with E-state index in [4.69, 9.17) is 9.29 Å². The third kappa shape index (κ3) is 3.49. The zero-order valence-electron chi connectivity index (χ0n) is 11.7. The molecular formula is C13H18O6S. The average molecular weight is 302 g/mol. The van der Waals surface area contributed by atoms with Gasteiger partial charge in [-0.25, -0.2) is 4.79 Å². The van der Waals surface area contributed by atoms with Gasteiger partial charge in [0.15, 0.2) is 0 Å². The highest BCUT2D eigenvalue weighted by atomic mass is 32.2. The number of hydrogen-bond donors (Lipinski definition) is 2. The smallest absolute Gasteiger partial charge is 0.335 e. The molecule has 0 unspecified atom stereocenters. The minimum absolute atomic E-state index is 0.211. The second-order valence-corrected chi connectivity index (χ2v) is 6.51. The lowest BCUT2D eigenvalue weighted by molar-refractivity contribution is 0.0696. The van der Waals surface area contributed by atoms with Crippen LogP contribution in [0.15, 0.2) is 17.0 Å². The fourth-order valence-corrected chi connectivity index (χ4v) is 2.93. The number of carboxylic acids is 1. The van der Waals surface area contributed by atoms with Crippen LogP contribution in [0.3, 0.4) is 0 Å². The Labute approximate surface area is 118 Å². The summed E-state index contributed by atoms with van der Waals surface area (Å²) < 4.78 is 28.9. The minimum Gasteiger partial charge on any atom is -0.506 e. The molecule has 2 N–H and O–H groups in total. The molecule has 0 amide bonds. The van der Waals surface area contributed by atoms with E-state index in [1.165, 1.54) is 19.9 Å². The summed E-state index contributed by atoms with van der Waals surface area (Å²) in [7, 11) is -4.22. The van der Waals surface area contributed by atoms with Crippen LogP contribution in [0.25, 0.3) is 0 Å². The Kier molecular flexibility index (Phi) is 4.77. The maximum Gasteiger partial charge on any atom is 0.335 e. The molecule has 112 valence electrons. The van der Waals surface area contributed by atoms with Crippen LogP contribution in [0.2, 0.25) is 0 Å². The molecule has 6 nitrogen and oxygen atoms in total. The Bertz CT molecular complexity index is 616. The van der Waals surface area contributed by atoms with Crippen molar-refractivity contribution in [1.82, 2.24) is 0 Å². The number of rotatable bonds is 5. The Morgan fingerprint density at radius 1 is 1.20 bits per heavy atom. The SMILES string of the molecule is CC(C)OS(=O)(=O)c1cc(C(=O)O)cc(C(C)C)c1O. The van der Waals surface area contributed by atoms with E-state index in [9.17, 15) is 18.3 Å². The molecular weight excluding hydrogens is 284 g/mol. The van der Waals surface area contributed by atoms with Crippen LogP contribution in [-0.4, -0.2) is 30.7 Å². The molecule has 0 atom stereocenters. The molecule has 0 spiro atoms. The van der Waals surface area contributed by atoms with Gasteiger partial charge in [0, 0.05) is 0 Å². The summed E-state index contributed by atoms with van der Waals surface area (Å²) in [5, 5.41) is 19.1. The predicted octanol–water partition coefficient (Wildman–Crippen LogP) is 2.33. The average Bonchev–Trinajstić information content (AvgIpc) is 2.26. The van der Waals surface area contributed by atoms with E-state index in [2.05, 4.69) is 0 Å². The van der Waals surface area contributed by atoms with Gasteiger partial charge in [0.25, 0.3) is 0 Å². The van der Waals surface area contributed by atoms with Gasteiger partial charge in [-0.05, 0) is 37.5 Å². The first-order chi connectivity index (χ1) is 9.06. The molecule has 1 aromatic rings. The van der Waals surface area contributed by atoms with Crippen LogP contribution in [0.5, 0.6) is 5.75 Å². The van der Waals surface area contributed by atoms with Crippen LogP contribution in [0, 0.1) is 0 Å². The van der Waals surface area contributed by atoms with Crippen LogP contribution < -0.4 is 0 Å². The molecule has 0 aromatic heterocycles. The lowest BCUT2D eigenvalue weighted by atomic mass is 9.99. The van der Waals surface area contributed by atoms with Crippen LogP contribution in [0.4, 0.5) is 0 Å². The molecule has 7 heteroatoms. The molecule has 0 aliphatic heterocycles. The molecule has 0 bridgehead atoms. The fraction of sp³-hybridized carbons (Fsp3) is 0.462. The van der Waals surface area contributed by atoms with Crippen molar-refractivity contribution < 1.29 is 27.6 Å². The highest BCUT2D eigenvalue weighted by Gasteiger charge is 2.26. The van der Waals surface area contributed by atoms with Gasteiger partial charge >= 0.3 is 16.1 Å². The Morgan fingerprint density at radius 3 is 2.15 bits per heavy atom. The first-order valence-corrected chi connectivity index (χ1v) is 7.50. The van der Waals surface area contributed by atoms with Crippen molar-refractivity contribution in [2.24, 2.45) is 0 Å². The summed E-state index contributed by atoms with van der Waals surface area (Å²) in [5.41, 5.74) is 0.0354. The third-order valence-electron chi connectivity index (χ3n) is 2.56. The lowest BCUT2D eigenvalue weighted by Gasteiger charge is -2.15. The number of aromatic hydroxyl groups is 1. The van der Waals surface area contributed by atoms with Gasteiger partial charge in [0.2, 0.25) is 0 Å². The van der Waals surface area contributed by atoms with E-state index in [1.807, 2.05) is 0 Å². The van der Waals surface area contributed by atoms with E-state index in [0.717, 1.165) is 6.07 Å². The number of phenolic OH excluding ortho intramolecular Hbond substituents is 1. The maximum absolute atomic E-state index is 12.0. The molecule has 0 saturated heterocycles. The van der Waals surface area contributed by atoms with Crippen molar-refractivity contribution in [2.45, 2.75) is 44.6 Å².